The summed E-state index contributed by atoms with van der Waals surface area (Å²) < 4.78 is 5.78. The molecule has 4 heteroatoms. The molecule has 4 nitrogen and oxygen atoms in total. The summed E-state index contributed by atoms with van der Waals surface area (Å²) in [5.41, 5.74) is 5.89. The number of aromatic nitrogens is 1. The number of pyridine rings is 1. The highest BCUT2D eigenvalue weighted by Crippen LogP contribution is 2.24. The number of rotatable bonds is 5. The van der Waals surface area contributed by atoms with Gasteiger partial charge in [-0.2, -0.15) is 0 Å². The minimum atomic E-state index is 0.457. The summed E-state index contributed by atoms with van der Waals surface area (Å²) in [7, 11) is 2.18. The van der Waals surface area contributed by atoms with Gasteiger partial charge in [-0.05, 0) is 57.6 Å². The highest BCUT2D eigenvalue weighted by Gasteiger charge is 2.24. The molecule has 2 rings (SSSR count). The first-order valence-electron chi connectivity index (χ1n) is 6.71. The van der Waals surface area contributed by atoms with Crippen LogP contribution in [0.1, 0.15) is 12.8 Å². The van der Waals surface area contributed by atoms with E-state index in [1.54, 1.807) is 12.4 Å². The molecule has 2 heterocycles. The lowest BCUT2D eigenvalue weighted by atomic mass is 9.85. The average Bonchev–Trinajstić information content (AvgIpc) is 2.42. The molecule has 0 spiro atoms. The van der Waals surface area contributed by atoms with E-state index in [2.05, 4.69) is 16.9 Å². The Morgan fingerprint density at radius 3 is 2.89 bits per heavy atom. The Labute approximate surface area is 109 Å². The van der Waals surface area contributed by atoms with Gasteiger partial charge < -0.3 is 15.4 Å². The molecule has 0 bridgehead atoms. The van der Waals surface area contributed by atoms with E-state index >= 15 is 0 Å². The third-order valence-electron chi connectivity index (χ3n) is 3.83. The third-order valence-corrected chi connectivity index (χ3v) is 3.83. The van der Waals surface area contributed by atoms with E-state index in [-0.39, 0.29) is 0 Å². The van der Waals surface area contributed by atoms with Crippen LogP contribution in [0, 0.1) is 11.8 Å². The van der Waals surface area contributed by atoms with Crippen LogP contribution in [0.5, 0.6) is 5.75 Å². The molecule has 1 aliphatic rings. The van der Waals surface area contributed by atoms with Crippen molar-refractivity contribution in [1.82, 2.24) is 9.88 Å². The molecule has 0 saturated carbocycles. The Morgan fingerprint density at radius 2 is 2.28 bits per heavy atom. The molecule has 1 fully saturated rings. The molecule has 2 N–H and O–H groups in total. The van der Waals surface area contributed by atoms with Gasteiger partial charge >= 0.3 is 0 Å². The van der Waals surface area contributed by atoms with Gasteiger partial charge in [0.2, 0.25) is 0 Å². The molecule has 0 radical (unpaired) electrons. The number of hydrogen-bond donors (Lipinski definition) is 1. The Bertz CT molecular complexity index is 336. The van der Waals surface area contributed by atoms with Crippen molar-refractivity contribution in [3.63, 3.8) is 0 Å². The molecule has 18 heavy (non-hydrogen) atoms. The fourth-order valence-corrected chi connectivity index (χ4v) is 2.53. The van der Waals surface area contributed by atoms with Crippen LogP contribution in [0.3, 0.4) is 0 Å². The van der Waals surface area contributed by atoms with E-state index in [0.717, 1.165) is 5.75 Å². The summed E-state index contributed by atoms with van der Waals surface area (Å²) in [5, 5.41) is 0. The van der Waals surface area contributed by atoms with Gasteiger partial charge in [0.25, 0.3) is 0 Å². The van der Waals surface area contributed by atoms with E-state index in [0.29, 0.717) is 25.0 Å². The van der Waals surface area contributed by atoms with Gasteiger partial charge in [0.1, 0.15) is 5.75 Å². The lowest BCUT2D eigenvalue weighted by Crippen LogP contribution is -2.37. The molecule has 0 aromatic carbocycles. The second-order valence-corrected chi connectivity index (χ2v) is 5.14. The van der Waals surface area contributed by atoms with Crippen molar-refractivity contribution >= 4 is 0 Å². The summed E-state index contributed by atoms with van der Waals surface area (Å²) >= 11 is 0. The van der Waals surface area contributed by atoms with Crippen molar-refractivity contribution in [2.24, 2.45) is 17.6 Å². The third kappa shape index (κ3) is 3.68. The van der Waals surface area contributed by atoms with Crippen molar-refractivity contribution in [2.45, 2.75) is 12.8 Å². The first-order chi connectivity index (χ1) is 8.79. The predicted molar refractivity (Wildman–Crippen MR) is 72.5 cm³/mol. The van der Waals surface area contributed by atoms with E-state index in [4.69, 9.17) is 10.5 Å². The Hall–Kier alpha value is -1.13. The quantitative estimate of drug-likeness (QED) is 0.856. The van der Waals surface area contributed by atoms with Crippen LogP contribution in [-0.4, -0.2) is 43.2 Å². The zero-order valence-electron chi connectivity index (χ0n) is 11.1. The van der Waals surface area contributed by atoms with Crippen LogP contribution >= 0.6 is 0 Å². The molecular formula is C14H23N3O. The zero-order valence-corrected chi connectivity index (χ0v) is 11.1. The lowest BCUT2D eigenvalue weighted by Gasteiger charge is -2.33. The molecule has 100 valence electrons. The molecule has 1 saturated heterocycles. The van der Waals surface area contributed by atoms with Crippen LogP contribution in [0.25, 0.3) is 0 Å². The molecule has 1 unspecified atom stereocenters. The number of piperidine rings is 1. The molecule has 0 amide bonds. The smallest absolute Gasteiger partial charge is 0.137 e. The standard InChI is InChI=1S/C14H23N3O/c1-17-7-4-12(5-8-17)13(9-15)11-18-14-3-2-6-16-10-14/h2-3,6,10,12-13H,4-5,7-9,11,15H2,1H3. The fourth-order valence-electron chi connectivity index (χ4n) is 2.53. The molecule has 1 aromatic rings. The summed E-state index contributed by atoms with van der Waals surface area (Å²) in [4.78, 5) is 6.43. The minimum Gasteiger partial charge on any atom is -0.492 e. The van der Waals surface area contributed by atoms with Crippen molar-refractivity contribution < 1.29 is 4.74 Å². The van der Waals surface area contributed by atoms with Gasteiger partial charge in [-0.3, -0.25) is 4.98 Å². The Balaban J connectivity index is 1.82. The van der Waals surface area contributed by atoms with Crippen LogP contribution in [0.4, 0.5) is 0 Å². The highest BCUT2D eigenvalue weighted by atomic mass is 16.5. The van der Waals surface area contributed by atoms with Gasteiger partial charge in [0, 0.05) is 12.1 Å². The second-order valence-electron chi connectivity index (χ2n) is 5.14. The molecular weight excluding hydrogens is 226 g/mol. The monoisotopic (exact) mass is 249 g/mol. The summed E-state index contributed by atoms with van der Waals surface area (Å²) in [6, 6.07) is 3.83. The minimum absolute atomic E-state index is 0.457. The van der Waals surface area contributed by atoms with E-state index in [1.165, 1.54) is 25.9 Å². The number of nitrogens with two attached hydrogens (primary N) is 1. The molecule has 1 atom stereocenters. The first-order valence-corrected chi connectivity index (χ1v) is 6.71. The summed E-state index contributed by atoms with van der Waals surface area (Å²) in [5.74, 6) is 1.99. The number of likely N-dealkylation sites (tertiary alicyclic amines) is 1. The normalized spacial score (nSPS) is 19.7. The van der Waals surface area contributed by atoms with Crippen LogP contribution in [-0.2, 0) is 0 Å². The highest BCUT2D eigenvalue weighted by molar-refractivity contribution is 5.15. The van der Waals surface area contributed by atoms with Crippen LogP contribution < -0.4 is 10.5 Å². The number of ether oxygens (including phenoxy) is 1. The Morgan fingerprint density at radius 1 is 1.50 bits per heavy atom. The maximum Gasteiger partial charge on any atom is 0.137 e. The summed E-state index contributed by atoms with van der Waals surface area (Å²) in [6.07, 6.45) is 5.97. The largest absolute Gasteiger partial charge is 0.492 e. The van der Waals surface area contributed by atoms with E-state index in [1.807, 2.05) is 12.1 Å². The van der Waals surface area contributed by atoms with Crippen molar-refractivity contribution in [2.75, 3.05) is 33.3 Å². The van der Waals surface area contributed by atoms with Crippen molar-refractivity contribution in [3.05, 3.63) is 24.5 Å². The fraction of sp³-hybridized carbons (Fsp3) is 0.643. The lowest BCUT2D eigenvalue weighted by molar-refractivity contribution is 0.132. The number of nitrogens with zero attached hydrogens (tertiary/aromatic N) is 2. The van der Waals surface area contributed by atoms with E-state index < -0.39 is 0 Å². The zero-order chi connectivity index (χ0) is 12.8. The van der Waals surface area contributed by atoms with Gasteiger partial charge in [-0.25, -0.2) is 0 Å². The van der Waals surface area contributed by atoms with Gasteiger partial charge in [0.15, 0.2) is 0 Å². The summed E-state index contributed by atoms with van der Waals surface area (Å²) in [6.45, 7) is 3.76. The predicted octanol–water partition coefficient (Wildman–Crippen LogP) is 1.38. The molecule has 1 aliphatic heterocycles. The van der Waals surface area contributed by atoms with Gasteiger partial charge in [-0.1, -0.05) is 0 Å². The topological polar surface area (TPSA) is 51.4 Å². The van der Waals surface area contributed by atoms with Crippen molar-refractivity contribution in [3.8, 4) is 5.75 Å². The SMILES string of the molecule is CN1CCC(C(CN)COc2cccnc2)CC1. The van der Waals surface area contributed by atoms with Crippen LogP contribution in [0.15, 0.2) is 24.5 Å². The first kappa shape index (κ1) is 13.3. The molecule has 1 aromatic heterocycles. The second kappa shape index (κ2) is 6.71. The van der Waals surface area contributed by atoms with Crippen LogP contribution in [0.2, 0.25) is 0 Å². The maximum absolute atomic E-state index is 5.89. The molecule has 0 aliphatic carbocycles. The van der Waals surface area contributed by atoms with E-state index in [9.17, 15) is 0 Å². The maximum atomic E-state index is 5.89. The van der Waals surface area contributed by atoms with Crippen molar-refractivity contribution in [1.29, 1.82) is 0 Å². The Kier molecular flexibility index (Phi) is 4.96. The van der Waals surface area contributed by atoms with Gasteiger partial charge in [0.05, 0.1) is 12.8 Å². The number of hydrogen-bond acceptors (Lipinski definition) is 4. The average molecular weight is 249 g/mol. The van der Waals surface area contributed by atoms with Gasteiger partial charge in [-0.15, -0.1) is 0 Å².